The largest absolute Gasteiger partial charge is 0.493 e. The average molecular weight is 354 g/mol. The van der Waals surface area contributed by atoms with Crippen LogP contribution in [-0.4, -0.2) is 19.2 Å². The summed E-state index contributed by atoms with van der Waals surface area (Å²) < 4.78 is 10.8. The zero-order valence-corrected chi connectivity index (χ0v) is 15.5. The smallest absolute Gasteiger partial charge is 0.165 e. The van der Waals surface area contributed by atoms with Crippen molar-refractivity contribution < 1.29 is 9.47 Å². The van der Waals surface area contributed by atoms with Crippen molar-refractivity contribution in [2.24, 2.45) is 0 Å². The first kappa shape index (κ1) is 17.5. The van der Waals surface area contributed by atoms with E-state index in [2.05, 4.69) is 41.5 Å². The monoisotopic (exact) mass is 354 g/mol. The number of benzene rings is 2. The zero-order chi connectivity index (χ0) is 17.6. The molecule has 0 unspecified atom stereocenters. The molecule has 4 nitrogen and oxygen atoms in total. The normalized spacial score (nSPS) is 10.7. The molecule has 0 saturated heterocycles. The topological polar surface area (TPSA) is 43.4 Å². The minimum absolute atomic E-state index is 0.694. The second-order valence-corrected chi connectivity index (χ2v) is 6.86. The Morgan fingerprint density at radius 1 is 1.04 bits per heavy atom. The summed E-state index contributed by atoms with van der Waals surface area (Å²) in [6.07, 6.45) is 1.95. The molecule has 0 radical (unpaired) electrons. The molecular formula is C20H22N2O2S. The summed E-state index contributed by atoms with van der Waals surface area (Å²) in [6.45, 7) is 3.52. The van der Waals surface area contributed by atoms with E-state index in [1.807, 2.05) is 24.4 Å². The van der Waals surface area contributed by atoms with Crippen molar-refractivity contribution in [3.8, 4) is 21.9 Å². The predicted octanol–water partition coefficient (Wildman–Crippen LogP) is 4.43. The number of methoxy groups -OCH3 is 2. The highest BCUT2D eigenvalue weighted by Gasteiger charge is 2.10. The van der Waals surface area contributed by atoms with Crippen molar-refractivity contribution in [2.45, 2.75) is 20.0 Å². The van der Waals surface area contributed by atoms with Gasteiger partial charge in [0.05, 0.1) is 19.1 Å². The van der Waals surface area contributed by atoms with Crippen LogP contribution in [0.3, 0.4) is 0 Å². The molecule has 3 aromatic rings. The maximum absolute atomic E-state index is 5.47. The van der Waals surface area contributed by atoms with Crippen LogP contribution < -0.4 is 14.8 Å². The van der Waals surface area contributed by atoms with Crippen LogP contribution in [0.2, 0.25) is 0 Å². The van der Waals surface area contributed by atoms with Crippen molar-refractivity contribution >= 4 is 11.3 Å². The van der Waals surface area contributed by atoms with Gasteiger partial charge in [-0.15, -0.1) is 11.3 Å². The van der Waals surface area contributed by atoms with E-state index in [9.17, 15) is 0 Å². The van der Waals surface area contributed by atoms with Crippen LogP contribution in [0.1, 0.15) is 16.1 Å². The Morgan fingerprint density at radius 2 is 1.88 bits per heavy atom. The van der Waals surface area contributed by atoms with E-state index in [-0.39, 0.29) is 0 Å². The second kappa shape index (κ2) is 8.14. The Kier molecular flexibility index (Phi) is 5.68. The Balaban J connectivity index is 1.64. The van der Waals surface area contributed by atoms with E-state index in [4.69, 9.17) is 9.47 Å². The Morgan fingerprint density at radius 3 is 2.64 bits per heavy atom. The van der Waals surface area contributed by atoms with Crippen LogP contribution in [0.5, 0.6) is 11.5 Å². The van der Waals surface area contributed by atoms with Gasteiger partial charge in [0.25, 0.3) is 0 Å². The number of aromatic nitrogens is 1. The fraction of sp³-hybridized carbons (Fsp3) is 0.250. The highest BCUT2D eigenvalue weighted by molar-refractivity contribution is 7.15. The van der Waals surface area contributed by atoms with E-state index >= 15 is 0 Å². The lowest BCUT2D eigenvalue weighted by atomic mass is 10.1. The number of rotatable bonds is 7. The molecule has 25 heavy (non-hydrogen) atoms. The highest BCUT2D eigenvalue weighted by Crippen LogP contribution is 2.31. The Bertz CT molecular complexity index is 845. The van der Waals surface area contributed by atoms with Gasteiger partial charge in [0, 0.05) is 24.8 Å². The molecule has 3 rings (SSSR count). The van der Waals surface area contributed by atoms with Gasteiger partial charge >= 0.3 is 0 Å². The molecule has 0 saturated carbocycles. The molecule has 1 aromatic heterocycles. The van der Waals surface area contributed by atoms with Crippen LogP contribution in [-0.2, 0) is 13.1 Å². The molecule has 0 spiro atoms. The van der Waals surface area contributed by atoms with Gasteiger partial charge < -0.3 is 14.8 Å². The molecule has 0 fully saturated rings. The first-order chi connectivity index (χ1) is 12.2. The number of nitrogens with zero attached hydrogens (tertiary/aromatic N) is 1. The first-order valence-corrected chi connectivity index (χ1v) is 8.95. The maximum Gasteiger partial charge on any atom is 0.165 e. The molecule has 0 aliphatic carbocycles. The molecule has 2 aromatic carbocycles. The third kappa shape index (κ3) is 4.18. The van der Waals surface area contributed by atoms with Crippen molar-refractivity contribution in [1.29, 1.82) is 0 Å². The van der Waals surface area contributed by atoms with Crippen molar-refractivity contribution in [3.05, 3.63) is 64.8 Å². The molecule has 1 heterocycles. The van der Waals surface area contributed by atoms with Gasteiger partial charge in [-0.25, -0.2) is 4.98 Å². The SMILES string of the molecule is COc1cccc(CNCc2ncc(-c3cccc(C)c3)s2)c1OC. The third-order valence-corrected chi connectivity index (χ3v) is 4.98. The Hall–Kier alpha value is -2.37. The molecule has 0 aliphatic rings. The molecule has 0 atom stereocenters. The minimum atomic E-state index is 0.694. The zero-order valence-electron chi connectivity index (χ0n) is 14.7. The quantitative estimate of drug-likeness (QED) is 0.682. The summed E-state index contributed by atoms with van der Waals surface area (Å²) >= 11 is 1.72. The number of hydrogen-bond donors (Lipinski definition) is 1. The summed E-state index contributed by atoms with van der Waals surface area (Å²) in [4.78, 5) is 5.72. The number of aryl methyl sites for hydroxylation is 1. The van der Waals surface area contributed by atoms with Gasteiger partial charge in [-0.3, -0.25) is 0 Å². The third-order valence-electron chi connectivity index (χ3n) is 3.93. The van der Waals surface area contributed by atoms with Crippen LogP contribution >= 0.6 is 11.3 Å². The fourth-order valence-electron chi connectivity index (χ4n) is 2.72. The Labute approximate surface area is 152 Å². The van der Waals surface area contributed by atoms with Gasteiger partial charge in [0.1, 0.15) is 5.01 Å². The van der Waals surface area contributed by atoms with E-state index in [1.165, 1.54) is 16.0 Å². The van der Waals surface area contributed by atoms with Gasteiger partial charge in [-0.05, 0) is 18.6 Å². The van der Waals surface area contributed by atoms with Crippen molar-refractivity contribution in [3.63, 3.8) is 0 Å². The summed E-state index contributed by atoms with van der Waals surface area (Å²) in [5, 5.41) is 4.50. The average Bonchev–Trinajstić information content (AvgIpc) is 3.10. The summed E-state index contributed by atoms with van der Waals surface area (Å²) in [5.41, 5.74) is 3.55. The van der Waals surface area contributed by atoms with Crippen molar-refractivity contribution in [2.75, 3.05) is 14.2 Å². The number of thiazole rings is 1. The predicted molar refractivity (Wildman–Crippen MR) is 102 cm³/mol. The van der Waals surface area contributed by atoms with Crippen molar-refractivity contribution in [1.82, 2.24) is 10.3 Å². The molecule has 1 N–H and O–H groups in total. The van der Waals surface area contributed by atoms with E-state index in [0.29, 0.717) is 6.54 Å². The lowest BCUT2D eigenvalue weighted by Crippen LogP contribution is -2.13. The standard InChI is InChI=1S/C20H22N2O2S/c1-14-6-4-7-15(10-14)18-12-22-19(25-18)13-21-11-16-8-5-9-17(23-2)20(16)24-3/h4-10,12,21H,11,13H2,1-3H3. The number of hydrogen-bond acceptors (Lipinski definition) is 5. The molecule has 5 heteroatoms. The van der Waals surface area contributed by atoms with Gasteiger partial charge in [-0.2, -0.15) is 0 Å². The van der Waals surface area contributed by atoms with Gasteiger partial charge in [-0.1, -0.05) is 42.0 Å². The minimum Gasteiger partial charge on any atom is -0.493 e. The van der Waals surface area contributed by atoms with E-state index in [1.54, 1.807) is 25.6 Å². The summed E-state index contributed by atoms with van der Waals surface area (Å²) in [5.74, 6) is 1.52. The molecule has 0 amide bonds. The lowest BCUT2D eigenvalue weighted by molar-refractivity contribution is 0.350. The molecular weight excluding hydrogens is 332 g/mol. The van der Waals surface area contributed by atoms with Crippen LogP contribution in [0.4, 0.5) is 0 Å². The lowest BCUT2D eigenvalue weighted by Gasteiger charge is -2.12. The fourth-order valence-corrected chi connectivity index (χ4v) is 3.60. The maximum atomic E-state index is 5.47. The molecule has 130 valence electrons. The van der Waals surface area contributed by atoms with Gasteiger partial charge in [0.2, 0.25) is 0 Å². The number of para-hydroxylation sites is 1. The second-order valence-electron chi connectivity index (χ2n) is 5.74. The van der Waals surface area contributed by atoms with Crippen LogP contribution in [0.15, 0.2) is 48.7 Å². The summed E-state index contributed by atoms with van der Waals surface area (Å²) in [7, 11) is 3.31. The van der Waals surface area contributed by atoms with Gasteiger partial charge in [0.15, 0.2) is 11.5 Å². The number of nitrogens with one attached hydrogen (secondary N) is 1. The highest BCUT2D eigenvalue weighted by atomic mass is 32.1. The van der Waals surface area contributed by atoms with Crippen LogP contribution in [0.25, 0.3) is 10.4 Å². The van der Waals surface area contributed by atoms with E-state index < -0.39 is 0 Å². The first-order valence-electron chi connectivity index (χ1n) is 8.13. The van der Waals surface area contributed by atoms with E-state index in [0.717, 1.165) is 28.6 Å². The summed E-state index contributed by atoms with van der Waals surface area (Å²) in [6, 6.07) is 14.4. The molecule has 0 bridgehead atoms. The van der Waals surface area contributed by atoms with Crippen LogP contribution in [0, 0.1) is 6.92 Å². The molecule has 0 aliphatic heterocycles. The number of ether oxygens (including phenoxy) is 2.